The molecule has 1 aliphatic heterocycles. The number of carbonyl (C=O) groups excluding carboxylic acids is 1. The van der Waals surface area contributed by atoms with Gasteiger partial charge in [0.2, 0.25) is 5.91 Å². The van der Waals surface area contributed by atoms with Crippen molar-refractivity contribution in [3.63, 3.8) is 0 Å². The molecule has 0 aromatic heterocycles. The Balaban J connectivity index is 1.40. The fourth-order valence-corrected chi connectivity index (χ4v) is 3.37. The average Bonchev–Trinajstić information content (AvgIpc) is 3.47. The number of amides is 1. The van der Waals surface area contributed by atoms with Crippen molar-refractivity contribution in [2.24, 2.45) is 5.92 Å². The summed E-state index contributed by atoms with van der Waals surface area (Å²) < 4.78 is 10.9. The van der Waals surface area contributed by atoms with Gasteiger partial charge in [-0.15, -0.1) is 0 Å². The van der Waals surface area contributed by atoms with E-state index in [2.05, 4.69) is 24.4 Å². The summed E-state index contributed by atoms with van der Waals surface area (Å²) in [6, 6.07) is 15.4. The molecule has 3 unspecified atom stereocenters. The lowest BCUT2D eigenvalue weighted by atomic mass is 9.97. The van der Waals surface area contributed by atoms with Gasteiger partial charge in [0.15, 0.2) is 0 Å². The fourth-order valence-electron chi connectivity index (χ4n) is 3.11. The summed E-state index contributed by atoms with van der Waals surface area (Å²) in [4.78, 5) is 12.0. The van der Waals surface area contributed by atoms with Crippen LogP contribution in [0.15, 0.2) is 60.7 Å². The van der Waals surface area contributed by atoms with E-state index in [0.29, 0.717) is 22.4 Å². The molecule has 1 heterocycles. The second-order valence-electron chi connectivity index (χ2n) is 6.73. The van der Waals surface area contributed by atoms with Crippen LogP contribution in [0.5, 0.6) is 5.75 Å². The number of allylic oxidation sites excluding steroid dienone is 1. The first-order valence-electron chi connectivity index (χ1n) is 9.10. The molecule has 1 aliphatic rings. The van der Waals surface area contributed by atoms with E-state index in [1.54, 1.807) is 31.4 Å². The van der Waals surface area contributed by atoms with E-state index >= 15 is 0 Å². The molecule has 1 fully saturated rings. The standard InChI is InChI=1S/C22H24ClNO3/c1-15(21-22(27-21)16-9-4-3-5-10-16)8-6-7-11-20(25)24-17-12-13-19(26-2)18(23)14-17/h3-5,7,9-15,21-22H,6,8H2,1-2H3,(H,24,25)/b11-7+. The lowest BCUT2D eigenvalue weighted by molar-refractivity contribution is -0.111. The van der Waals surface area contributed by atoms with Crippen molar-refractivity contribution in [3.05, 3.63) is 71.3 Å². The summed E-state index contributed by atoms with van der Waals surface area (Å²) in [7, 11) is 1.55. The van der Waals surface area contributed by atoms with Gasteiger partial charge in [-0.3, -0.25) is 4.79 Å². The number of carbonyl (C=O) groups is 1. The Hall–Kier alpha value is -2.30. The molecule has 0 bridgehead atoms. The molecule has 0 radical (unpaired) electrons. The van der Waals surface area contributed by atoms with Gasteiger partial charge in [-0.2, -0.15) is 0 Å². The summed E-state index contributed by atoms with van der Waals surface area (Å²) in [5.41, 5.74) is 1.88. The molecule has 2 aromatic rings. The van der Waals surface area contributed by atoms with Crippen LogP contribution in [0.1, 0.15) is 31.4 Å². The van der Waals surface area contributed by atoms with E-state index < -0.39 is 0 Å². The number of anilines is 1. The van der Waals surface area contributed by atoms with Crippen molar-refractivity contribution in [1.82, 2.24) is 0 Å². The number of rotatable bonds is 8. The molecule has 1 N–H and O–H groups in total. The van der Waals surface area contributed by atoms with E-state index in [-0.39, 0.29) is 18.1 Å². The molecule has 0 saturated carbocycles. The molecule has 5 heteroatoms. The van der Waals surface area contributed by atoms with Gasteiger partial charge in [-0.25, -0.2) is 0 Å². The van der Waals surface area contributed by atoms with Crippen LogP contribution in [-0.4, -0.2) is 19.1 Å². The van der Waals surface area contributed by atoms with Crippen molar-refractivity contribution < 1.29 is 14.3 Å². The van der Waals surface area contributed by atoms with Crippen LogP contribution in [0.4, 0.5) is 5.69 Å². The summed E-state index contributed by atoms with van der Waals surface area (Å²) in [5.74, 6) is 0.854. The molecule has 0 aliphatic carbocycles. The van der Waals surface area contributed by atoms with Gasteiger partial charge in [0.05, 0.1) is 18.2 Å². The maximum Gasteiger partial charge on any atom is 0.248 e. The fraction of sp³-hybridized carbons (Fsp3) is 0.318. The quantitative estimate of drug-likeness (QED) is 0.489. The van der Waals surface area contributed by atoms with E-state index in [0.717, 1.165) is 12.8 Å². The molecule has 3 rings (SSSR count). The number of epoxide rings is 1. The zero-order chi connectivity index (χ0) is 19.2. The van der Waals surface area contributed by atoms with Crippen molar-refractivity contribution >= 4 is 23.2 Å². The molecule has 3 atom stereocenters. The Morgan fingerprint density at radius 2 is 2.07 bits per heavy atom. The monoisotopic (exact) mass is 385 g/mol. The molecule has 27 heavy (non-hydrogen) atoms. The number of nitrogens with one attached hydrogen (secondary N) is 1. The van der Waals surface area contributed by atoms with Crippen molar-refractivity contribution in [3.8, 4) is 5.75 Å². The third-order valence-corrected chi connectivity index (χ3v) is 4.99. The summed E-state index contributed by atoms with van der Waals surface area (Å²) >= 11 is 6.06. The number of halogens is 1. The minimum atomic E-state index is -0.172. The molecule has 1 amide bonds. The van der Waals surface area contributed by atoms with Crippen LogP contribution < -0.4 is 10.1 Å². The Morgan fingerprint density at radius 3 is 2.78 bits per heavy atom. The predicted octanol–water partition coefficient (Wildman–Crippen LogP) is 5.40. The first-order chi connectivity index (χ1) is 13.1. The van der Waals surface area contributed by atoms with Gasteiger partial charge in [-0.1, -0.05) is 54.9 Å². The molecule has 2 aromatic carbocycles. The minimum Gasteiger partial charge on any atom is -0.495 e. The number of hydrogen-bond donors (Lipinski definition) is 1. The second-order valence-corrected chi connectivity index (χ2v) is 7.13. The highest BCUT2D eigenvalue weighted by atomic mass is 35.5. The Morgan fingerprint density at radius 1 is 1.30 bits per heavy atom. The molecule has 4 nitrogen and oxygen atoms in total. The minimum absolute atomic E-state index is 0.172. The zero-order valence-corrected chi connectivity index (χ0v) is 16.3. The molecular formula is C22H24ClNO3. The molecule has 0 spiro atoms. The third kappa shape index (κ3) is 5.34. The van der Waals surface area contributed by atoms with E-state index in [1.165, 1.54) is 5.56 Å². The average molecular weight is 386 g/mol. The maximum atomic E-state index is 12.0. The smallest absolute Gasteiger partial charge is 0.248 e. The van der Waals surface area contributed by atoms with Crippen LogP contribution in [0.3, 0.4) is 0 Å². The highest BCUT2D eigenvalue weighted by Crippen LogP contribution is 2.44. The largest absolute Gasteiger partial charge is 0.495 e. The Kier molecular flexibility index (Phi) is 6.54. The third-order valence-electron chi connectivity index (χ3n) is 4.69. The van der Waals surface area contributed by atoms with Gasteiger partial charge < -0.3 is 14.8 Å². The molecule has 142 valence electrons. The van der Waals surface area contributed by atoms with Crippen molar-refractivity contribution in [2.45, 2.75) is 32.0 Å². The van der Waals surface area contributed by atoms with Crippen LogP contribution >= 0.6 is 11.6 Å². The summed E-state index contributed by atoms with van der Waals surface area (Å²) in [6.45, 7) is 2.20. The molecule has 1 saturated heterocycles. The Labute approximate surface area is 165 Å². The van der Waals surface area contributed by atoms with Crippen LogP contribution in [-0.2, 0) is 9.53 Å². The van der Waals surface area contributed by atoms with Crippen LogP contribution in [0.25, 0.3) is 0 Å². The SMILES string of the molecule is COc1ccc(NC(=O)/C=C/CCC(C)C2OC2c2ccccc2)cc1Cl. The number of methoxy groups -OCH3 is 1. The maximum absolute atomic E-state index is 12.0. The van der Waals surface area contributed by atoms with Crippen molar-refractivity contribution in [2.75, 3.05) is 12.4 Å². The van der Waals surface area contributed by atoms with Crippen molar-refractivity contribution in [1.29, 1.82) is 0 Å². The number of benzene rings is 2. The molecular weight excluding hydrogens is 362 g/mol. The predicted molar refractivity (Wildman–Crippen MR) is 108 cm³/mol. The van der Waals surface area contributed by atoms with E-state index in [4.69, 9.17) is 21.1 Å². The summed E-state index contributed by atoms with van der Waals surface area (Å²) in [6.07, 6.45) is 5.76. The topological polar surface area (TPSA) is 50.9 Å². The van der Waals surface area contributed by atoms with Gasteiger partial charge in [0.1, 0.15) is 11.9 Å². The highest BCUT2D eigenvalue weighted by Gasteiger charge is 2.43. The van der Waals surface area contributed by atoms with Gasteiger partial charge >= 0.3 is 0 Å². The van der Waals surface area contributed by atoms with Crippen LogP contribution in [0.2, 0.25) is 5.02 Å². The van der Waals surface area contributed by atoms with E-state index in [1.807, 2.05) is 24.3 Å². The van der Waals surface area contributed by atoms with Gasteiger partial charge in [0, 0.05) is 5.69 Å². The second kappa shape index (κ2) is 9.07. The van der Waals surface area contributed by atoms with Gasteiger partial charge in [0.25, 0.3) is 0 Å². The highest BCUT2D eigenvalue weighted by molar-refractivity contribution is 6.32. The zero-order valence-electron chi connectivity index (χ0n) is 15.5. The lowest BCUT2D eigenvalue weighted by Crippen LogP contribution is -2.08. The summed E-state index contributed by atoms with van der Waals surface area (Å²) in [5, 5.41) is 3.26. The van der Waals surface area contributed by atoms with E-state index in [9.17, 15) is 4.79 Å². The normalized spacial score (nSPS) is 19.7. The van der Waals surface area contributed by atoms with Crippen LogP contribution in [0, 0.1) is 5.92 Å². The Bertz CT molecular complexity index is 806. The number of ether oxygens (including phenoxy) is 2. The first-order valence-corrected chi connectivity index (χ1v) is 9.47. The van der Waals surface area contributed by atoms with Gasteiger partial charge in [-0.05, 0) is 48.6 Å². The lowest BCUT2D eigenvalue weighted by Gasteiger charge is -2.07. The first kappa shape index (κ1) is 19.5. The number of hydrogen-bond acceptors (Lipinski definition) is 3.